The third-order valence-corrected chi connectivity index (χ3v) is 2.64. The van der Waals surface area contributed by atoms with E-state index in [4.69, 9.17) is 9.84 Å². The third-order valence-electron chi connectivity index (χ3n) is 2.64. The van der Waals surface area contributed by atoms with Crippen molar-refractivity contribution in [2.75, 3.05) is 45.3 Å². The molecule has 1 amide bonds. The van der Waals surface area contributed by atoms with Gasteiger partial charge < -0.3 is 20.1 Å². The van der Waals surface area contributed by atoms with E-state index >= 15 is 0 Å². The van der Waals surface area contributed by atoms with E-state index in [-0.39, 0.29) is 19.1 Å². The second-order valence-electron chi connectivity index (χ2n) is 3.96. The van der Waals surface area contributed by atoms with Crippen LogP contribution in [0.5, 0.6) is 0 Å². The molecule has 1 heterocycles. The Morgan fingerprint density at radius 3 is 2.95 bits per heavy atom. The molecular formula is C13H21N3O3. The molecule has 0 spiro atoms. The third kappa shape index (κ3) is 4.50. The van der Waals surface area contributed by atoms with E-state index in [1.807, 2.05) is 6.92 Å². The zero-order chi connectivity index (χ0) is 14.1. The summed E-state index contributed by atoms with van der Waals surface area (Å²) >= 11 is 0. The number of rotatable bonds is 8. The van der Waals surface area contributed by atoms with Crippen molar-refractivity contribution < 1.29 is 14.6 Å². The molecule has 6 heteroatoms. The molecule has 0 atom stereocenters. The summed E-state index contributed by atoms with van der Waals surface area (Å²) in [6.45, 7) is 3.77. The summed E-state index contributed by atoms with van der Waals surface area (Å²) in [5, 5.41) is 12.1. The Morgan fingerprint density at radius 1 is 1.53 bits per heavy atom. The first-order valence-electron chi connectivity index (χ1n) is 6.31. The van der Waals surface area contributed by atoms with Crippen LogP contribution >= 0.6 is 0 Å². The van der Waals surface area contributed by atoms with Crippen LogP contribution in [-0.2, 0) is 4.74 Å². The number of nitrogens with zero attached hydrogens (tertiary/aromatic N) is 2. The molecule has 6 nitrogen and oxygen atoms in total. The van der Waals surface area contributed by atoms with Gasteiger partial charge in [0.25, 0.3) is 5.91 Å². The first-order valence-corrected chi connectivity index (χ1v) is 6.31. The van der Waals surface area contributed by atoms with Crippen molar-refractivity contribution in [3.05, 3.63) is 24.0 Å². The van der Waals surface area contributed by atoms with Gasteiger partial charge in [-0.15, -0.1) is 0 Å². The van der Waals surface area contributed by atoms with E-state index in [2.05, 4.69) is 10.3 Å². The summed E-state index contributed by atoms with van der Waals surface area (Å²) < 4.78 is 4.98. The zero-order valence-corrected chi connectivity index (χ0v) is 11.4. The van der Waals surface area contributed by atoms with Gasteiger partial charge in [-0.05, 0) is 13.0 Å². The van der Waals surface area contributed by atoms with E-state index in [1.54, 1.807) is 30.5 Å². The van der Waals surface area contributed by atoms with Gasteiger partial charge in [-0.2, -0.15) is 0 Å². The number of hydrogen-bond donors (Lipinski definition) is 2. The van der Waals surface area contributed by atoms with Crippen molar-refractivity contribution in [2.24, 2.45) is 0 Å². The van der Waals surface area contributed by atoms with E-state index in [0.29, 0.717) is 30.9 Å². The monoisotopic (exact) mass is 267 g/mol. The van der Waals surface area contributed by atoms with Gasteiger partial charge in [0, 0.05) is 32.9 Å². The molecule has 0 unspecified atom stereocenters. The lowest BCUT2D eigenvalue weighted by Gasteiger charge is -2.22. The average Bonchev–Trinajstić information content (AvgIpc) is 2.44. The van der Waals surface area contributed by atoms with E-state index in [1.165, 1.54) is 0 Å². The Balaban J connectivity index is 2.88. The van der Waals surface area contributed by atoms with Crippen molar-refractivity contribution in [2.45, 2.75) is 6.92 Å². The van der Waals surface area contributed by atoms with E-state index in [9.17, 15) is 4.79 Å². The molecule has 0 aliphatic rings. The van der Waals surface area contributed by atoms with Crippen LogP contribution in [0.1, 0.15) is 17.3 Å². The van der Waals surface area contributed by atoms with Gasteiger partial charge in [0.2, 0.25) is 0 Å². The molecule has 0 aliphatic heterocycles. The summed E-state index contributed by atoms with van der Waals surface area (Å²) in [5.74, 6) is -0.135. The fraction of sp³-hybridized carbons (Fsp3) is 0.538. The topological polar surface area (TPSA) is 74.7 Å². The van der Waals surface area contributed by atoms with Crippen LogP contribution in [0.4, 0.5) is 5.69 Å². The standard InChI is InChI=1S/C13H21N3O3/c1-3-15-12-10-14-5-4-11(12)13(18)16(6-8-17)7-9-19-2/h4-5,10,15,17H,3,6-9H2,1-2H3. The Kier molecular flexibility index (Phi) is 6.84. The number of pyridine rings is 1. The Morgan fingerprint density at radius 2 is 2.32 bits per heavy atom. The molecule has 0 radical (unpaired) electrons. The molecule has 0 fully saturated rings. The van der Waals surface area contributed by atoms with Gasteiger partial charge in [-0.3, -0.25) is 9.78 Å². The normalized spacial score (nSPS) is 10.3. The summed E-state index contributed by atoms with van der Waals surface area (Å²) in [5.41, 5.74) is 1.26. The highest BCUT2D eigenvalue weighted by molar-refractivity contribution is 5.99. The van der Waals surface area contributed by atoms with Crippen LogP contribution in [0.3, 0.4) is 0 Å². The molecular weight excluding hydrogens is 246 g/mol. The van der Waals surface area contributed by atoms with Crippen LogP contribution in [0.25, 0.3) is 0 Å². The minimum Gasteiger partial charge on any atom is -0.395 e. The van der Waals surface area contributed by atoms with Crippen molar-refractivity contribution in [1.29, 1.82) is 0 Å². The minimum atomic E-state index is -0.135. The first-order chi connectivity index (χ1) is 9.24. The van der Waals surface area contributed by atoms with E-state index < -0.39 is 0 Å². The van der Waals surface area contributed by atoms with Crippen molar-refractivity contribution in [1.82, 2.24) is 9.88 Å². The molecule has 19 heavy (non-hydrogen) atoms. The number of hydrogen-bond acceptors (Lipinski definition) is 5. The number of aromatic nitrogens is 1. The quantitative estimate of drug-likeness (QED) is 0.721. The fourth-order valence-corrected chi connectivity index (χ4v) is 1.72. The zero-order valence-electron chi connectivity index (χ0n) is 11.4. The minimum absolute atomic E-state index is 0.0723. The molecule has 1 aromatic rings. The van der Waals surface area contributed by atoms with Crippen molar-refractivity contribution in [3.63, 3.8) is 0 Å². The Bertz CT molecular complexity index is 398. The van der Waals surface area contributed by atoms with E-state index in [0.717, 1.165) is 0 Å². The molecule has 0 aromatic carbocycles. The maximum atomic E-state index is 12.4. The molecule has 0 saturated carbocycles. The number of carbonyl (C=O) groups excluding carboxylic acids is 1. The second kappa shape index (κ2) is 8.44. The molecule has 0 bridgehead atoms. The maximum absolute atomic E-state index is 12.4. The van der Waals surface area contributed by atoms with Gasteiger partial charge in [0.15, 0.2) is 0 Å². The molecule has 1 aromatic heterocycles. The summed E-state index contributed by atoms with van der Waals surface area (Å²) in [7, 11) is 1.58. The lowest BCUT2D eigenvalue weighted by Crippen LogP contribution is -2.36. The van der Waals surface area contributed by atoms with Crippen LogP contribution in [0.15, 0.2) is 18.5 Å². The van der Waals surface area contributed by atoms with Crippen molar-refractivity contribution >= 4 is 11.6 Å². The maximum Gasteiger partial charge on any atom is 0.256 e. The smallest absolute Gasteiger partial charge is 0.256 e. The van der Waals surface area contributed by atoms with Gasteiger partial charge in [0.05, 0.1) is 30.7 Å². The van der Waals surface area contributed by atoms with Crippen LogP contribution in [0, 0.1) is 0 Å². The number of aliphatic hydroxyl groups is 1. The molecule has 1 rings (SSSR count). The Hall–Kier alpha value is -1.66. The van der Waals surface area contributed by atoms with Crippen molar-refractivity contribution in [3.8, 4) is 0 Å². The number of carbonyl (C=O) groups is 1. The SMILES string of the molecule is CCNc1cnccc1C(=O)N(CCO)CCOC. The van der Waals surface area contributed by atoms with Crippen LogP contribution in [0.2, 0.25) is 0 Å². The average molecular weight is 267 g/mol. The summed E-state index contributed by atoms with van der Waals surface area (Å²) in [6, 6.07) is 1.68. The molecule has 0 saturated heterocycles. The summed E-state index contributed by atoms with van der Waals surface area (Å²) in [6.07, 6.45) is 3.21. The number of nitrogens with one attached hydrogen (secondary N) is 1. The van der Waals surface area contributed by atoms with Crippen LogP contribution < -0.4 is 5.32 Å². The lowest BCUT2D eigenvalue weighted by atomic mass is 10.2. The largest absolute Gasteiger partial charge is 0.395 e. The highest BCUT2D eigenvalue weighted by Crippen LogP contribution is 2.15. The highest BCUT2D eigenvalue weighted by Gasteiger charge is 2.18. The van der Waals surface area contributed by atoms with Gasteiger partial charge in [0.1, 0.15) is 0 Å². The number of aliphatic hydroxyl groups excluding tert-OH is 1. The number of amides is 1. The van der Waals surface area contributed by atoms with Gasteiger partial charge in [-0.25, -0.2) is 0 Å². The first kappa shape index (κ1) is 15.4. The number of anilines is 1. The fourth-order valence-electron chi connectivity index (χ4n) is 1.72. The Labute approximate surface area is 113 Å². The summed E-state index contributed by atoms with van der Waals surface area (Å²) in [4.78, 5) is 18.0. The number of ether oxygens (including phenoxy) is 1. The predicted octanol–water partition coefficient (Wildman–Crippen LogP) is 0.594. The molecule has 0 aliphatic carbocycles. The van der Waals surface area contributed by atoms with Gasteiger partial charge >= 0.3 is 0 Å². The highest BCUT2D eigenvalue weighted by atomic mass is 16.5. The lowest BCUT2D eigenvalue weighted by molar-refractivity contribution is 0.0657. The second-order valence-corrected chi connectivity index (χ2v) is 3.96. The van der Waals surface area contributed by atoms with Gasteiger partial charge in [-0.1, -0.05) is 0 Å². The predicted molar refractivity (Wildman–Crippen MR) is 73.3 cm³/mol. The van der Waals surface area contributed by atoms with Crippen LogP contribution in [-0.4, -0.2) is 60.9 Å². The molecule has 106 valence electrons. The number of methoxy groups -OCH3 is 1. The molecule has 2 N–H and O–H groups in total.